The fraction of sp³-hybridized carbons (Fsp3) is 0.200. The summed E-state index contributed by atoms with van der Waals surface area (Å²) in [6.45, 7) is 4.68. The molecule has 3 rings (SSSR count). The first-order valence-electron chi connectivity index (χ1n) is 8.33. The van der Waals surface area contributed by atoms with Crippen LogP contribution in [0.5, 0.6) is 0 Å². The van der Waals surface area contributed by atoms with Crippen molar-refractivity contribution < 1.29 is 0 Å². The molecule has 0 saturated carbocycles. The molecule has 3 N–H and O–H groups in total. The summed E-state index contributed by atoms with van der Waals surface area (Å²) in [4.78, 5) is 10.3. The highest BCUT2D eigenvalue weighted by atomic mass is 32.1. The molecule has 0 atom stereocenters. The summed E-state index contributed by atoms with van der Waals surface area (Å²) < 4.78 is 0. The molecule has 1 heterocycles. The van der Waals surface area contributed by atoms with Gasteiger partial charge in [-0.1, -0.05) is 49.4 Å². The molecule has 0 spiro atoms. The topological polar surface area (TPSA) is 63.3 Å². The largest absolute Gasteiger partial charge is 0.370 e. The number of nitrogens with two attached hydrogens (primary N) is 1. The smallest absolute Gasteiger partial charge is 0.193 e. The fourth-order valence-electron chi connectivity index (χ4n) is 2.49. The van der Waals surface area contributed by atoms with E-state index in [2.05, 4.69) is 46.5 Å². The number of nitrogens with one attached hydrogen (secondary N) is 1. The summed E-state index contributed by atoms with van der Waals surface area (Å²) in [6, 6.07) is 18.4. The van der Waals surface area contributed by atoms with Crippen LogP contribution in [0.4, 0.5) is 5.69 Å². The van der Waals surface area contributed by atoms with Crippen LogP contribution in [0.15, 0.2) is 59.6 Å². The molecule has 0 aliphatic carbocycles. The van der Waals surface area contributed by atoms with Gasteiger partial charge in [-0.15, -0.1) is 11.3 Å². The predicted molar refractivity (Wildman–Crippen MR) is 107 cm³/mol. The van der Waals surface area contributed by atoms with E-state index in [1.807, 2.05) is 37.3 Å². The van der Waals surface area contributed by atoms with Crippen LogP contribution in [0.2, 0.25) is 0 Å². The van der Waals surface area contributed by atoms with Crippen molar-refractivity contribution >= 4 is 23.0 Å². The molecule has 0 amide bonds. The van der Waals surface area contributed by atoms with Gasteiger partial charge in [0, 0.05) is 16.1 Å². The average molecular weight is 350 g/mol. The van der Waals surface area contributed by atoms with Crippen LogP contribution < -0.4 is 11.1 Å². The first-order valence-corrected chi connectivity index (χ1v) is 9.15. The maximum absolute atomic E-state index is 6.04. The van der Waals surface area contributed by atoms with Crippen molar-refractivity contribution in [3.8, 4) is 10.6 Å². The molecule has 0 radical (unpaired) electrons. The van der Waals surface area contributed by atoms with Crippen molar-refractivity contribution in [3.63, 3.8) is 0 Å². The van der Waals surface area contributed by atoms with Gasteiger partial charge >= 0.3 is 0 Å². The van der Waals surface area contributed by atoms with Crippen LogP contribution in [0.25, 0.3) is 10.6 Å². The second-order valence-electron chi connectivity index (χ2n) is 5.77. The number of hydrogen-bond donors (Lipinski definition) is 2. The number of rotatable bonds is 5. The van der Waals surface area contributed by atoms with Crippen molar-refractivity contribution in [1.82, 2.24) is 4.98 Å². The number of anilines is 1. The molecule has 3 aromatic rings. The Labute approximate surface area is 152 Å². The van der Waals surface area contributed by atoms with Gasteiger partial charge in [-0.2, -0.15) is 0 Å². The Morgan fingerprint density at radius 3 is 2.72 bits per heavy atom. The standard InChI is InChI=1S/C20H22N4S/c1-3-15-8-7-11-17(12-15)24-20(21)22-13-18-14(2)23-19(25-18)16-9-5-4-6-10-16/h4-12H,3,13H2,1-2H3,(H3,21,22,24). The molecule has 4 nitrogen and oxygen atoms in total. The minimum Gasteiger partial charge on any atom is -0.370 e. The molecule has 0 saturated heterocycles. The lowest BCUT2D eigenvalue weighted by Gasteiger charge is -2.06. The first kappa shape index (κ1) is 17.2. The van der Waals surface area contributed by atoms with Crippen LogP contribution in [-0.4, -0.2) is 10.9 Å². The summed E-state index contributed by atoms with van der Waals surface area (Å²) >= 11 is 1.67. The van der Waals surface area contributed by atoms with E-state index in [0.717, 1.165) is 33.3 Å². The molecular weight excluding hydrogens is 328 g/mol. The Bertz CT molecular complexity index is 868. The monoisotopic (exact) mass is 350 g/mol. The van der Waals surface area contributed by atoms with Crippen LogP contribution >= 0.6 is 11.3 Å². The lowest BCUT2D eigenvalue weighted by atomic mass is 10.1. The molecule has 128 valence electrons. The molecule has 1 aromatic heterocycles. The van der Waals surface area contributed by atoms with Crippen LogP contribution in [0.1, 0.15) is 23.1 Å². The zero-order valence-corrected chi connectivity index (χ0v) is 15.3. The first-order chi connectivity index (χ1) is 12.2. The van der Waals surface area contributed by atoms with Gasteiger partial charge in [0.1, 0.15) is 5.01 Å². The molecule has 0 unspecified atom stereocenters. The van der Waals surface area contributed by atoms with Crippen LogP contribution in [-0.2, 0) is 13.0 Å². The van der Waals surface area contributed by atoms with E-state index < -0.39 is 0 Å². The minimum absolute atomic E-state index is 0.419. The zero-order valence-electron chi connectivity index (χ0n) is 14.5. The van der Waals surface area contributed by atoms with Gasteiger partial charge in [0.15, 0.2) is 5.96 Å². The lowest BCUT2D eigenvalue weighted by molar-refractivity contribution is 1.05. The second kappa shape index (κ2) is 7.94. The number of nitrogens with zero attached hydrogens (tertiary/aromatic N) is 2. The zero-order chi connectivity index (χ0) is 17.6. The highest BCUT2D eigenvalue weighted by molar-refractivity contribution is 7.15. The molecule has 2 aromatic carbocycles. The van der Waals surface area contributed by atoms with E-state index in [4.69, 9.17) is 5.73 Å². The third-order valence-corrected chi connectivity index (χ3v) is 5.11. The Hall–Kier alpha value is -2.66. The number of aromatic nitrogens is 1. The van der Waals surface area contributed by atoms with Gasteiger partial charge in [-0.25, -0.2) is 9.98 Å². The summed E-state index contributed by atoms with van der Waals surface area (Å²) in [6.07, 6.45) is 0.995. The number of benzene rings is 2. The van der Waals surface area contributed by atoms with Crippen molar-refractivity contribution in [2.45, 2.75) is 26.8 Å². The number of guanidine groups is 1. The predicted octanol–water partition coefficient (Wildman–Crippen LogP) is 4.61. The molecule has 0 aliphatic rings. The van der Waals surface area contributed by atoms with Gasteiger partial charge in [-0.05, 0) is 31.0 Å². The summed E-state index contributed by atoms with van der Waals surface area (Å²) in [5.41, 5.74) is 10.4. The van der Waals surface area contributed by atoms with Crippen molar-refractivity contribution in [2.24, 2.45) is 10.7 Å². The maximum atomic E-state index is 6.04. The van der Waals surface area contributed by atoms with Gasteiger partial charge < -0.3 is 11.1 Å². The van der Waals surface area contributed by atoms with E-state index in [0.29, 0.717) is 12.5 Å². The summed E-state index contributed by atoms with van der Waals surface area (Å²) in [5, 5.41) is 4.18. The minimum atomic E-state index is 0.419. The number of hydrogen-bond acceptors (Lipinski definition) is 3. The number of thiazole rings is 1. The highest BCUT2D eigenvalue weighted by Gasteiger charge is 2.09. The molecule has 0 aliphatic heterocycles. The lowest BCUT2D eigenvalue weighted by Crippen LogP contribution is -2.22. The van der Waals surface area contributed by atoms with E-state index in [-0.39, 0.29) is 0 Å². The number of aliphatic imine (C=N–C) groups is 1. The van der Waals surface area contributed by atoms with Gasteiger partial charge in [0.05, 0.1) is 12.2 Å². The molecule has 0 bridgehead atoms. The SMILES string of the molecule is CCc1cccc(NC(N)=NCc2sc(-c3ccccc3)nc2C)c1. The Balaban J connectivity index is 1.70. The van der Waals surface area contributed by atoms with E-state index in [1.54, 1.807) is 11.3 Å². The highest BCUT2D eigenvalue weighted by Crippen LogP contribution is 2.28. The van der Waals surface area contributed by atoms with Crippen LogP contribution in [0.3, 0.4) is 0 Å². The summed E-state index contributed by atoms with van der Waals surface area (Å²) in [5.74, 6) is 0.419. The molecule has 5 heteroatoms. The third-order valence-electron chi connectivity index (χ3n) is 3.91. The van der Waals surface area contributed by atoms with Gasteiger partial charge in [0.2, 0.25) is 0 Å². The van der Waals surface area contributed by atoms with Crippen molar-refractivity contribution in [3.05, 3.63) is 70.7 Å². The van der Waals surface area contributed by atoms with Crippen molar-refractivity contribution in [2.75, 3.05) is 5.32 Å². The van der Waals surface area contributed by atoms with E-state index in [1.165, 1.54) is 5.56 Å². The number of aryl methyl sites for hydroxylation is 2. The Morgan fingerprint density at radius 2 is 1.96 bits per heavy atom. The molecule has 0 fully saturated rings. The van der Waals surface area contributed by atoms with Crippen LogP contribution in [0, 0.1) is 6.92 Å². The van der Waals surface area contributed by atoms with Gasteiger partial charge in [0.25, 0.3) is 0 Å². The maximum Gasteiger partial charge on any atom is 0.193 e. The normalized spacial score (nSPS) is 11.5. The third kappa shape index (κ3) is 4.45. The summed E-state index contributed by atoms with van der Waals surface area (Å²) in [7, 11) is 0. The molecule has 25 heavy (non-hydrogen) atoms. The molecular formula is C20H22N4S. The fourth-order valence-corrected chi connectivity index (χ4v) is 3.48. The second-order valence-corrected chi connectivity index (χ2v) is 6.86. The van der Waals surface area contributed by atoms with E-state index in [9.17, 15) is 0 Å². The average Bonchev–Trinajstić information content (AvgIpc) is 3.02. The van der Waals surface area contributed by atoms with E-state index >= 15 is 0 Å². The Kier molecular flexibility index (Phi) is 5.46. The van der Waals surface area contributed by atoms with Crippen molar-refractivity contribution in [1.29, 1.82) is 0 Å². The Morgan fingerprint density at radius 1 is 1.16 bits per heavy atom. The van der Waals surface area contributed by atoms with Gasteiger partial charge in [-0.3, -0.25) is 0 Å². The quantitative estimate of drug-likeness (QED) is 0.522.